The van der Waals surface area contributed by atoms with Gasteiger partial charge in [-0.05, 0) is 26.0 Å². The number of rotatable bonds is 7. The number of amides is 1. The van der Waals surface area contributed by atoms with Gasteiger partial charge in [-0.25, -0.2) is 9.78 Å². The second kappa shape index (κ2) is 10.7. The van der Waals surface area contributed by atoms with E-state index in [1.165, 1.54) is 0 Å². The summed E-state index contributed by atoms with van der Waals surface area (Å²) in [6.45, 7) is 3.68. The van der Waals surface area contributed by atoms with Gasteiger partial charge in [0.15, 0.2) is 13.2 Å². The summed E-state index contributed by atoms with van der Waals surface area (Å²) >= 11 is 1.12. The standard InChI is InChI=1S/C21H19N5O3S/c1-3-4-13-28-21(27)23-18-12-8-11-17(22-18)14-29-24-20(16-9-6-5-7-10-16)19-15(2)25-30-26-19/h5-12H,13-14H2,1-2H3,(H,22,23,27). The minimum atomic E-state index is -0.626. The monoisotopic (exact) mass is 421 g/mol. The lowest BCUT2D eigenvalue weighted by molar-refractivity contribution is 0.128. The van der Waals surface area contributed by atoms with Crippen LogP contribution in [0.1, 0.15) is 29.6 Å². The van der Waals surface area contributed by atoms with Gasteiger partial charge in [0.05, 0.1) is 23.1 Å². The summed E-state index contributed by atoms with van der Waals surface area (Å²) in [5, 5.41) is 6.83. The van der Waals surface area contributed by atoms with E-state index in [0.717, 1.165) is 23.0 Å². The van der Waals surface area contributed by atoms with E-state index in [4.69, 9.17) is 9.57 Å². The lowest BCUT2D eigenvalue weighted by Gasteiger charge is -2.07. The highest BCUT2D eigenvalue weighted by Crippen LogP contribution is 2.14. The minimum Gasteiger partial charge on any atom is -0.436 e. The van der Waals surface area contributed by atoms with Crippen molar-refractivity contribution in [1.29, 1.82) is 0 Å². The third-order valence-corrected chi connectivity index (χ3v) is 4.40. The molecule has 0 atom stereocenters. The van der Waals surface area contributed by atoms with Gasteiger partial charge < -0.3 is 9.57 Å². The van der Waals surface area contributed by atoms with Crippen LogP contribution in [0.4, 0.5) is 10.6 Å². The van der Waals surface area contributed by atoms with Gasteiger partial charge in [-0.3, -0.25) is 5.32 Å². The summed E-state index contributed by atoms with van der Waals surface area (Å²) in [5.41, 5.74) is 3.51. The molecule has 0 aliphatic carbocycles. The van der Waals surface area contributed by atoms with Gasteiger partial charge >= 0.3 is 6.09 Å². The van der Waals surface area contributed by atoms with Gasteiger partial charge in [0, 0.05) is 5.56 Å². The normalized spacial score (nSPS) is 10.7. The van der Waals surface area contributed by atoms with Crippen LogP contribution in [0.2, 0.25) is 0 Å². The maximum Gasteiger partial charge on any atom is 0.413 e. The summed E-state index contributed by atoms with van der Waals surface area (Å²) in [4.78, 5) is 21.6. The van der Waals surface area contributed by atoms with Crippen molar-refractivity contribution in [2.75, 3.05) is 11.9 Å². The lowest BCUT2D eigenvalue weighted by Crippen LogP contribution is -2.15. The van der Waals surface area contributed by atoms with Gasteiger partial charge in [-0.15, -0.1) is 5.92 Å². The van der Waals surface area contributed by atoms with E-state index in [1.54, 1.807) is 25.1 Å². The third-order valence-electron chi connectivity index (χ3n) is 3.78. The molecule has 8 nitrogen and oxygen atoms in total. The number of nitrogens with one attached hydrogen (secondary N) is 1. The van der Waals surface area contributed by atoms with E-state index in [0.29, 0.717) is 22.9 Å². The van der Waals surface area contributed by atoms with Gasteiger partial charge in [-0.1, -0.05) is 47.5 Å². The number of ether oxygens (including phenoxy) is 1. The van der Waals surface area contributed by atoms with Crippen LogP contribution in [0.5, 0.6) is 0 Å². The number of hydrogen-bond acceptors (Lipinski definition) is 8. The zero-order valence-electron chi connectivity index (χ0n) is 16.5. The number of carbonyl (C=O) groups excluding carboxylic acids is 1. The molecule has 30 heavy (non-hydrogen) atoms. The average Bonchev–Trinajstić information content (AvgIpc) is 3.18. The number of hydrogen-bond donors (Lipinski definition) is 1. The van der Waals surface area contributed by atoms with Crippen molar-refractivity contribution in [3.63, 3.8) is 0 Å². The summed E-state index contributed by atoms with van der Waals surface area (Å²) in [6.07, 6.45) is -0.626. The Hall–Kier alpha value is -3.77. The van der Waals surface area contributed by atoms with Crippen LogP contribution in [-0.4, -0.2) is 32.1 Å². The Balaban J connectivity index is 1.69. The number of aryl methyl sites for hydroxylation is 1. The molecule has 2 heterocycles. The van der Waals surface area contributed by atoms with Crippen LogP contribution in [0.15, 0.2) is 53.7 Å². The first-order valence-corrected chi connectivity index (χ1v) is 9.74. The number of anilines is 1. The Morgan fingerprint density at radius 1 is 1.17 bits per heavy atom. The van der Waals surface area contributed by atoms with E-state index in [2.05, 4.69) is 36.0 Å². The van der Waals surface area contributed by atoms with Crippen LogP contribution in [0.3, 0.4) is 0 Å². The maximum atomic E-state index is 11.7. The van der Waals surface area contributed by atoms with Crippen LogP contribution in [0, 0.1) is 18.8 Å². The van der Waals surface area contributed by atoms with Crippen molar-refractivity contribution in [1.82, 2.24) is 13.7 Å². The molecule has 0 bridgehead atoms. The number of nitrogens with zero attached hydrogens (tertiary/aromatic N) is 4. The van der Waals surface area contributed by atoms with Crippen LogP contribution < -0.4 is 5.32 Å². The molecule has 3 aromatic rings. The van der Waals surface area contributed by atoms with E-state index in [-0.39, 0.29) is 13.2 Å². The first-order valence-electron chi connectivity index (χ1n) is 9.01. The van der Waals surface area contributed by atoms with Gasteiger partial charge in [0.25, 0.3) is 0 Å². The fourth-order valence-electron chi connectivity index (χ4n) is 2.38. The fraction of sp³-hybridized carbons (Fsp3) is 0.190. The highest BCUT2D eigenvalue weighted by molar-refractivity contribution is 6.99. The van der Waals surface area contributed by atoms with E-state index < -0.39 is 6.09 Å². The molecule has 1 amide bonds. The molecule has 0 spiro atoms. The highest BCUT2D eigenvalue weighted by Gasteiger charge is 2.15. The summed E-state index contributed by atoms with van der Waals surface area (Å²) in [7, 11) is 0. The molecule has 3 rings (SSSR count). The Kier molecular flexibility index (Phi) is 7.46. The second-order valence-corrected chi connectivity index (χ2v) is 6.45. The molecular weight excluding hydrogens is 402 g/mol. The smallest absolute Gasteiger partial charge is 0.413 e. The summed E-state index contributed by atoms with van der Waals surface area (Å²) < 4.78 is 13.5. The predicted octanol–water partition coefficient (Wildman–Crippen LogP) is 3.78. The molecule has 0 unspecified atom stereocenters. The molecule has 0 saturated carbocycles. The van der Waals surface area contributed by atoms with E-state index >= 15 is 0 Å². The quantitative estimate of drug-likeness (QED) is 0.354. The Morgan fingerprint density at radius 3 is 2.73 bits per heavy atom. The molecule has 0 fully saturated rings. The van der Waals surface area contributed by atoms with Crippen molar-refractivity contribution in [3.05, 3.63) is 71.2 Å². The Labute approximate surface area is 178 Å². The molecule has 1 aromatic carbocycles. The summed E-state index contributed by atoms with van der Waals surface area (Å²) in [6, 6.07) is 14.8. The second-order valence-electron chi connectivity index (χ2n) is 5.92. The first kappa shape index (κ1) is 21.0. The molecule has 152 valence electrons. The Morgan fingerprint density at radius 2 is 2.00 bits per heavy atom. The molecule has 0 aliphatic heterocycles. The number of carbonyl (C=O) groups is 1. The molecule has 0 aliphatic rings. The SMILES string of the molecule is CC#CCOC(=O)Nc1cccc(CON=C(c2ccccc2)c2nsnc2C)n1. The maximum absolute atomic E-state index is 11.7. The van der Waals surface area contributed by atoms with Crippen molar-refractivity contribution in [2.24, 2.45) is 5.16 Å². The molecule has 2 aromatic heterocycles. The highest BCUT2D eigenvalue weighted by atomic mass is 32.1. The van der Waals surface area contributed by atoms with Gasteiger partial charge in [0.2, 0.25) is 0 Å². The van der Waals surface area contributed by atoms with Crippen LogP contribution in [-0.2, 0) is 16.2 Å². The largest absolute Gasteiger partial charge is 0.436 e. The van der Waals surface area contributed by atoms with E-state index in [9.17, 15) is 4.79 Å². The number of aromatic nitrogens is 3. The van der Waals surface area contributed by atoms with Gasteiger partial charge in [0.1, 0.15) is 17.2 Å². The predicted molar refractivity (Wildman–Crippen MR) is 114 cm³/mol. The molecule has 9 heteroatoms. The topological polar surface area (TPSA) is 98.6 Å². The number of oxime groups is 1. The van der Waals surface area contributed by atoms with Gasteiger partial charge in [-0.2, -0.15) is 8.75 Å². The summed E-state index contributed by atoms with van der Waals surface area (Å²) in [5.74, 6) is 5.64. The lowest BCUT2D eigenvalue weighted by atomic mass is 10.1. The average molecular weight is 421 g/mol. The van der Waals surface area contributed by atoms with Crippen LogP contribution >= 0.6 is 11.7 Å². The fourth-order valence-corrected chi connectivity index (χ4v) is 2.93. The first-order chi connectivity index (χ1) is 14.7. The van der Waals surface area contributed by atoms with Crippen molar-refractivity contribution >= 4 is 29.4 Å². The third kappa shape index (κ3) is 5.86. The van der Waals surface area contributed by atoms with Crippen molar-refractivity contribution in [2.45, 2.75) is 20.5 Å². The number of benzene rings is 1. The van der Waals surface area contributed by atoms with Crippen molar-refractivity contribution in [3.8, 4) is 11.8 Å². The molecule has 0 radical (unpaired) electrons. The zero-order valence-corrected chi connectivity index (χ0v) is 17.3. The minimum absolute atomic E-state index is 0.0208. The zero-order chi connectivity index (χ0) is 21.2. The van der Waals surface area contributed by atoms with Crippen LogP contribution in [0.25, 0.3) is 0 Å². The molecule has 0 saturated heterocycles. The van der Waals surface area contributed by atoms with Crippen molar-refractivity contribution < 1.29 is 14.4 Å². The Bertz CT molecular complexity index is 1090. The number of pyridine rings is 1. The molecular formula is C21H19N5O3S. The molecule has 1 N–H and O–H groups in total. The van der Waals surface area contributed by atoms with E-state index in [1.807, 2.05) is 37.3 Å².